The first-order valence-corrected chi connectivity index (χ1v) is 7.92. The Bertz CT molecular complexity index is 588. The Labute approximate surface area is 119 Å². The van der Waals surface area contributed by atoms with Crippen molar-refractivity contribution in [2.75, 3.05) is 12.3 Å². The molecule has 1 unspecified atom stereocenters. The summed E-state index contributed by atoms with van der Waals surface area (Å²) in [5.41, 5.74) is 5.88. The molecule has 114 valence electrons. The Morgan fingerprint density at radius 2 is 2.05 bits per heavy atom. The van der Waals surface area contributed by atoms with Crippen LogP contribution in [0, 0.1) is 19.7 Å². The second-order valence-electron chi connectivity index (χ2n) is 4.79. The molecule has 7 heteroatoms. The number of aliphatic hydroxyl groups is 1. The second-order valence-corrected chi connectivity index (χ2v) is 6.50. The van der Waals surface area contributed by atoms with Gasteiger partial charge in [-0.05, 0) is 43.9 Å². The summed E-state index contributed by atoms with van der Waals surface area (Å²) in [7, 11) is -3.77. The first-order chi connectivity index (χ1) is 9.20. The summed E-state index contributed by atoms with van der Waals surface area (Å²) in [4.78, 5) is 0.00221. The van der Waals surface area contributed by atoms with Crippen molar-refractivity contribution in [2.45, 2.75) is 44.6 Å². The van der Waals surface area contributed by atoms with Gasteiger partial charge in [-0.1, -0.05) is 6.92 Å². The fourth-order valence-corrected chi connectivity index (χ4v) is 3.51. The Balaban J connectivity index is 3.02. The fourth-order valence-electron chi connectivity index (χ4n) is 1.98. The summed E-state index contributed by atoms with van der Waals surface area (Å²) in [6.45, 7) is 4.92. The van der Waals surface area contributed by atoms with Crippen LogP contribution in [0.3, 0.4) is 0 Å². The third kappa shape index (κ3) is 3.68. The molecule has 0 radical (unpaired) electrons. The zero-order valence-electron chi connectivity index (χ0n) is 11.9. The van der Waals surface area contributed by atoms with Gasteiger partial charge >= 0.3 is 0 Å². The highest BCUT2D eigenvalue weighted by molar-refractivity contribution is 7.89. The minimum atomic E-state index is -3.77. The maximum atomic E-state index is 13.4. The number of hydrogen-bond acceptors (Lipinski definition) is 4. The average Bonchev–Trinajstić information content (AvgIpc) is 2.35. The van der Waals surface area contributed by atoms with E-state index >= 15 is 0 Å². The van der Waals surface area contributed by atoms with Crippen LogP contribution in [0.5, 0.6) is 0 Å². The lowest BCUT2D eigenvalue weighted by molar-refractivity contribution is 0.162. The average molecular weight is 304 g/mol. The zero-order chi connectivity index (χ0) is 15.5. The number of nitrogens with two attached hydrogens (primary N) is 1. The third-order valence-corrected chi connectivity index (χ3v) is 4.96. The van der Waals surface area contributed by atoms with E-state index in [1.807, 2.05) is 6.92 Å². The molecule has 5 nitrogen and oxygen atoms in total. The predicted octanol–water partition coefficient (Wildman–Crippen LogP) is 1.46. The van der Waals surface area contributed by atoms with Gasteiger partial charge in [-0.15, -0.1) is 0 Å². The van der Waals surface area contributed by atoms with Gasteiger partial charge in [-0.25, -0.2) is 17.5 Å². The Morgan fingerprint density at radius 3 is 2.60 bits per heavy atom. The summed E-state index contributed by atoms with van der Waals surface area (Å²) in [5, 5.41) is 9.41. The number of halogens is 1. The Morgan fingerprint density at radius 1 is 1.45 bits per heavy atom. The van der Waals surface area contributed by atoms with Crippen LogP contribution < -0.4 is 10.5 Å². The number of rotatable bonds is 6. The molecule has 1 rings (SSSR count). The number of aryl methyl sites for hydroxylation is 1. The number of nitrogens with one attached hydrogen (secondary N) is 1. The lowest BCUT2D eigenvalue weighted by Crippen LogP contribution is -2.28. The van der Waals surface area contributed by atoms with Crippen molar-refractivity contribution in [2.24, 2.45) is 0 Å². The highest BCUT2D eigenvalue weighted by Crippen LogP contribution is 2.27. The molecule has 0 heterocycles. The largest absolute Gasteiger partial charge is 0.396 e. The molecule has 0 aromatic heterocycles. The monoisotopic (exact) mass is 304 g/mol. The summed E-state index contributed by atoms with van der Waals surface area (Å²) >= 11 is 0. The predicted molar refractivity (Wildman–Crippen MR) is 76.4 cm³/mol. The van der Waals surface area contributed by atoms with Gasteiger partial charge in [0.1, 0.15) is 5.82 Å². The van der Waals surface area contributed by atoms with Gasteiger partial charge in [0, 0.05) is 6.54 Å². The van der Waals surface area contributed by atoms with E-state index in [0.29, 0.717) is 18.4 Å². The Kier molecular flexibility index (Phi) is 5.50. The molecule has 0 saturated carbocycles. The summed E-state index contributed by atoms with van der Waals surface area (Å²) in [6, 6.07) is 1.11. The van der Waals surface area contributed by atoms with Crippen LogP contribution in [0.25, 0.3) is 0 Å². The first kappa shape index (κ1) is 16.9. The van der Waals surface area contributed by atoms with Crippen molar-refractivity contribution in [3.8, 4) is 0 Å². The number of nitrogen functional groups attached to an aromatic ring is 1. The van der Waals surface area contributed by atoms with Crippen molar-refractivity contribution in [3.05, 3.63) is 23.0 Å². The van der Waals surface area contributed by atoms with Gasteiger partial charge < -0.3 is 10.8 Å². The van der Waals surface area contributed by atoms with Crippen LogP contribution >= 0.6 is 0 Å². The molecule has 0 saturated heterocycles. The molecule has 0 amide bonds. The summed E-state index contributed by atoms with van der Waals surface area (Å²) in [5.74, 6) is -0.625. The molecular formula is C13H21FN2O3S. The van der Waals surface area contributed by atoms with Crippen LogP contribution in [0.15, 0.2) is 11.0 Å². The van der Waals surface area contributed by atoms with Crippen molar-refractivity contribution >= 4 is 15.7 Å². The molecule has 0 bridgehead atoms. The molecule has 20 heavy (non-hydrogen) atoms. The van der Waals surface area contributed by atoms with E-state index in [1.165, 1.54) is 13.8 Å². The molecule has 0 fully saturated rings. The van der Waals surface area contributed by atoms with E-state index in [0.717, 1.165) is 6.07 Å². The summed E-state index contributed by atoms with van der Waals surface area (Å²) in [6.07, 6.45) is 0.339. The highest BCUT2D eigenvalue weighted by Gasteiger charge is 2.22. The normalized spacial score (nSPS) is 13.4. The van der Waals surface area contributed by atoms with Gasteiger partial charge in [-0.2, -0.15) is 0 Å². The standard InChI is InChI=1S/C13H21FN2O3S/c1-4-10(17)5-6-16-20(18,19)13-8(2)7-11(14)12(15)9(13)3/h7,10,16-17H,4-6,15H2,1-3H3. The van der Waals surface area contributed by atoms with E-state index < -0.39 is 21.9 Å². The molecule has 0 aliphatic heterocycles. The van der Waals surface area contributed by atoms with Gasteiger partial charge in [0.2, 0.25) is 10.0 Å². The van der Waals surface area contributed by atoms with Gasteiger partial charge in [0.05, 0.1) is 16.7 Å². The number of anilines is 1. The number of sulfonamides is 1. The van der Waals surface area contributed by atoms with Crippen LogP contribution in [0.4, 0.5) is 10.1 Å². The summed E-state index contributed by atoms with van der Waals surface area (Å²) < 4.78 is 40.3. The molecule has 1 atom stereocenters. The minimum absolute atomic E-state index is 0.00221. The van der Waals surface area contributed by atoms with E-state index in [2.05, 4.69) is 4.72 Å². The zero-order valence-corrected chi connectivity index (χ0v) is 12.7. The van der Waals surface area contributed by atoms with Crippen molar-refractivity contribution < 1.29 is 17.9 Å². The molecule has 4 N–H and O–H groups in total. The van der Waals surface area contributed by atoms with Crippen LogP contribution in [0.1, 0.15) is 30.9 Å². The quantitative estimate of drug-likeness (QED) is 0.694. The van der Waals surface area contributed by atoms with Crippen molar-refractivity contribution in [3.63, 3.8) is 0 Å². The van der Waals surface area contributed by atoms with Crippen molar-refractivity contribution in [1.29, 1.82) is 0 Å². The lowest BCUT2D eigenvalue weighted by Gasteiger charge is -2.15. The van der Waals surface area contributed by atoms with Gasteiger partial charge in [0.25, 0.3) is 0 Å². The molecular weight excluding hydrogens is 283 g/mol. The van der Waals surface area contributed by atoms with E-state index in [4.69, 9.17) is 5.73 Å². The number of hydrogen-bond donors (Lipinski definition) is 3. The molecule has 1 aromatic rings. The van der Waals surface area contributed by atoms with Crippen molar-refractivity contribution in [1.82, 2.24) is 4.72 Å². The van der Waals surface area contributed by atoms with Crippen LogP contribution in [-0.2, 0) is 10.0 Å². The number of aliphatic hydroxyl groups excluding tert-OH is 1. The maximum Gasteiger partial charge on any atom is 0.241 e. The minimum Gasteiger partial charge on any atom is -0.396 e. The van der Waals surface area contributed by atoms with E-state index in [-0.39, 0.29) is 22.7 Å². The topological polar surface area (TPSA) is 92.4 Å². The van der Waals surface area contributed by atoms with E-state index in [1.54, 1.807) is 0 Å². The smallest absolute Gasteiger partial charge is 0.241 e. The van der Waals surface area contributed by atoms with Gasteiger partial charge in [0.15, 0.2) is 0 Å². The SMILES string of the molecule is CCC(O)CCNS(=O)(=O)c1c(C)cc(F)c(N)c1C. The molecule has 0 aliphatic rings. The van der Waals surface area contributed by atoms with Gasteiger partial charge in [-0.3, -0.25) is 0 Å². The number of benzene rings is 1. The molecule has 0 aliphatic carbocycles. The fraction of sp³-hybridized carbons (Fsp3) is 0.538. The third-order valence-electron chi connectivity index (χ3n) is 3.21. The van der Waals surface area contributed by atoms with Crippen LogP contribution in [0.2, 0.25) is 0 Å². The van der Waals surface area contributed by atoms with Crippen LogP contribution in [-0.4, -0.2) is 26.2 Å². The van der Waals surface area contributed by atoms with E-state index in [9.17, 15) is 17.9 Å². The highest BCUT2D eigenvalue weighted by atomic mass is 32.2. The lowest BCUT2D eigenvalue weighted by atomic mass is 10.1. The molecule has 0 spiro atoms. The first-order valence-electron chi connectivity index (χ1n) is 6.43. The maximum absolute atomic E-state index is 13.4. The second kappa shape index (κ2) is 6.51. The molecule has 1 aromatic carbocycles. The Hall–Kier alpha value is -1.18.